The van der Waals surface area contributed by atoms with Gasteiger partial charge in [-0.3, -0.25) is 9.59 Å². The van der Waals surface area contributed by atoms with Crippen molar-refractivity contribution in [3.63, 3.8) is 0 Å². The minimum absolute atomic E-state index is 0.0897. The first-order valence-electron chi connectivity index (χ1n) is 6.83. The van der Waals surface area contributed by atoms with Crippen LogP contribution in [0.2, 0.25) is 10.0 Å². The maximum absolute atomic E-state index is 12.5. The van der Waals surface area contributed by atoms with Gasteiger partial charge in [0.1, 0.15) is 11.6 Å². The van der Waals surface area contributed by atoms with Crippen LogP contribution in [0.4, 0.5) is 0 Å². The minimum Gasteiger partial charge on any atom is -0.342 e. The standard InChI is InChI=1S/C15H18Cl2N2O2/c1-4-12-13(20)19(15(2,3)14(21)18-12)8-9-5-6-10(16)7-11(9)17/h5-7,12H,4,8H2,1-3H3,(H,18,21). The van der Waals surface area contributed by atoms with Gasteiger partial charge < -0.3 is 10.2 Å². The molecule has 1 atom stereocenters. The van der Waals surface area contributed by atoms with Gasteiger partial charge in [0.25, 0.3) is 0 Å². The second kappa shape index (κ2) is 5.85. The lowest BCUT2D eigenvalue weighted by molar-refractivity contribution is -0.156. The van der Waals surface area contributed by atoms with E-state index < -0.39 is 11.6 Å². The molecule has 1 aliphatic rings. The lowest BCUT2D eigenvalue weighted by atomic mass is 9.94. The van der Waals surface area contributed by atoms with E-state index in [1.165, 1.54) is 0 Å². The van der Waals surface area contributed by atoms with E-state index in [0.717, 1.165) is 5.56 Å². The molecular formula is C15H18Cl2N2O2. The van der Waals surface area contributed by atoms with Gasteiger partial charge >= 0.3 is 0 Å². The quantitative estimate of drug-likeness (QED) is 0.927. The summed E-state index contributed by atoms with van der Waals surface area (Å²) in [6.45, 7) is 5.62. The monoisotopic (exact) mass is 328 g/mol. The summed E-state index contributed by atoms with van der Waals surface area (Å²) in [5, 5.41) is 3.79. The van der Waals surface area contributed by atoms with E-state index in [1.807, 2.05) is 6.92 Å². The van der Waals surface area contributed by atoms with Crippen LogP contribution in [0, 0.1) is 0 Å². The summed E-state index contributed by atoms with van der Waals surface area (Å²) in [6.07, 6.45) is 0.561. The van der Waals surface area contributed by atoms with Crippen LogP contribution in [0.5, 0.6) is 0 Å². The largest absolute Gasteiger partial charge is 0.342 e. The smallest absolute Gasteiger partial charge is 0.246 e. The summed E-state index contributed by atoms with van der Waals surface area (Å²) < 4.78 is 0. The number of nitrogens with one attached hydrogen (secondary N) is 1. The molecule has 1 N–H and O–H groups in total. The normalized spacial score (nSPS) is 21.4. The van der Waals surface area contributed by atoms with Crippen LogP contribution in [-0.2, 0) is 16.1 Å². The fraction of sp³-hybridized carbons (Fsp3) is 0.467. The molecule has 4 nitrogen and oxygen atoms in total. The summed E-state index contributed by atoms with van der Waals surface area (Å²) in [4.78, 5) is 26.3. The Bertz CT molecular complexity index is 587. The van der Waals surface area contributed by atoms with E-state index in [0.29, 0.717) is 16.5 Å². The van der Waals surface area contributed by atoms with Crippen molar-refractivity contribution in [1.82, 2.24) is 10.2 Å². The molecular weight excluding hydrogens is 311 g/mol. The fourth-order valence-electron chi connectivity index (χ4n) is 2.36. The van der Waals surface area contributed by atoms with Crippen LogP contribution in [0.15, 0.2) is 18.2 Å². The number of carbonyl (C=O) groups is 2. The Morgan fingerprint density at radius 3 is 2.52 bits per heavy atom. The Balaban J connectivity index is 2.34. The zero-order valence-corrected chi connectivity index (χ0v) is 13.8. The third-order valence-corrected chi connectivity index (χ3v) is 4.44. The van der Waals surface area contributed by atoms with Crippen molar-refractivity contribution in [2.75, 3.05) is 0 Å². The molecule has 0 aromatic heterocycles. The Labute approximate surface area is 134 Å². The van der Waals surface area contributed by atoms with E-state index in [2.05, 4.69) is 5.32 Å². The van der Waals surface area contributed by atoms with Crippen LogP contribution in [0.1, 0.15) is 32.8 Å². The highest BCUT2D eigenvalue weighted by Crippen LogP contribution is 2.28. The maximum Gasteiger partial charge on any atom is 0.246 e. The Hall–Kier alpha value is -1.26. The summed E-state index contributed by atoms with van der Waals surface area (Å²) >= 11 is 12.1. The molecule has 1 aromatic rings. The fourth-order valence-corrected chi connectivity index (χ4v) is 2.82. The molecule has 21 heavy (non-hydrogen) atoms. The SMILES string of the molecule is CCC1NC(=O)C(C)(C)N(Cc2ccc(Cl)cc2Cl)C1=O. The van der Waals surface area contributed by atoms with Crippen molar-refractivity contribution in [3.8, 4) is 0 Å². The zero-order valence-electron chi connectivity index (χ0n) is 12.2. The van der Waals surface area contributed by atoms with E-state index in [1.54, 1.807) is 36.9 Å². The lowest BCUT2D eigenvalue weighted by Gasteiger charge is -2.44. The van der Waals surface area contributed by atoms with E-state index in [9.17, 15) is 9.59 Å². The Morgan fingerprint density at radius 2 is 1.95 bits per heavy atom. The van der Waals surface area contributed by atoms with Crippen molar-refractivity contribution in [1.29, 1.82) is 0 Å². The predicted octanol–water partition coefficient (Wildman–Crippen LogP) is 3.01. The van der Waals surface area contributed by atoms with Crippen molar-refractivity contribution in [2.45, 2.75) is 45.3 Å². The van der Waals surface area contributed by atoms with Crippen LogP contribution >= 0.6 is 23.2 Å². The van der Waals surface area contributed by atoms with E-state index in [4.69, 9.17) is 23.2 Å². The van der Waals surface area contributed by atoms with Gasteiger partial charge in [-0.25, -0.2) is 0 Å². The molecule has 1 aliphatic heterocycles. The first-order chi connectivity index (χ1) is 9.77. The number of nitrogens with zero attached hydrogens (tertiary/aromatic N) is 1. The van der Waals surface area contributed by atoms with E-state index >= 15 is 0 Å². The number of hydrogen-bond donors (Lipinski definition) is 1. The van der Waals surface area contributed by atoms with Crippen molar-refractivity contribution < 1.29 is 9.59 Å². The van der Waals surface area contributed by atoms with Gasteiger partial charge in [0, 0.05) is 16.6 Å². The van der Waals surface area contributed by atoms with Crippen molar-refractivity contribution >= 4 is 35.0 Å². The van der Waals surface area contributed by atoms with Gasteiger partial charge in [-0.1, -0.05) is 36.2 Å². The average Bonchev–Trinajstić information content (AvgIpc) is 2.41. The average molecular weight is 329 g/mol. The second-order valence-corrected chi connectivity index (χ2v) is 6.50. The van der Waals surface area contributed by atoms with Crippen LogP contribution in [-0.4, -0.2) is 28.3 Å². The highest BCUT2D eigenvalue weighted by Gasteiger charge is 2.45. The maximum atomic E-state index is 12.5. The van der Waals surface area contributed by atoms with Gasteiger partial charge in [0.05, 0.1) is 0 Å². The molecule has 1 fully saturated rings. The van der Waals surface area contributed by atoms with Gasteiger partial charge in [-0.2, -0.15) is 0 Å². The molecule has 6 heteroatoms. The first-order valence-corrected chi connectivity index (χ1v) is 7.59. The number of amides is 2. The summed E-state index contributed by atoms with van der Waals surface area (Å²) in [6, 6.07) is 4.66. The Morgan fingerprint density at radius 1 is 1.29 bits per heavy atom. The summed E-state index contributed by atoms with van der Waals surface area (Å²) in [5.74, 6) is -0.243. The molecule has 0 saturated carbocycles. The summed E-state index contributed by atoms with van der Waals surface area (Å²) in [5.41, 5.74) is -0.141. The molecule has 1 unspecified atom stereocenters. The van der Waals surface area contributed by atoms with Gasteiger partial charge in [-0.05, 0) is 38.0 Å². The third kappa shape index (κ3) is 3.01. The number of halogens is 2. The molecule has 1 heterocycles. The highest BCUT2D eigenvalue weighted by atomic mass is 35.5. The Kier molecular flexibility index (Phi) is 4.49. The van der Waals surface area contributed by atoms with Crippen LogP contribution < -0.4 is 5.32 Å². The third-order valence-electron chi connectivity index (χ3n) is 3.85. The molecule has 2 amide bonds. The molecule has 1 saturated heterocycles. The van der Waals surface area contributed by atoms with Crippen LogP contribution in [0.3, 0.4) is 0 Å². The number of rotatable bonds is 3. The van der Waals surface area contributed by atoms with Gasteiger partial charge in [0.15, 0.2) is 0 Å². The predicted molar refractivity (Wildman–Crippen MR) is 83.3 cm³/mol. The molecule has 0 aliphatic carbocycles. The molecule has 2 rings (SSSR count). The molecule has 0 radical (unpaired) electrons. The molecule has 0 spiro atoms. The van der Waals surface area contributed by atoms with Gasteiger partial charge in [0.2, 0.25) is 11.8 Å². The number of benzene rings is 1. The van der Waals surface area contributed by atoms with Crippen molar-refractivity contribution in [2.24, 2.45) is 0 Å². The van der Waals surface area contributed by atoms with Gasteiger partial charge in [-0.15, -0.1) is 0 Å². The summed E-state index contributed by atoms with van der Waals surface area (Å²) in [7, 11) is 0. The number of hydrogen-bond acceptors (Lipinski definition) is 2. The topological polar surface area (TPSA) is 49.4 Å². The molecule has 0 bridgehead atoms. The highest BCUT2D eigenvalue weighted by molar-refractivity contribution is 6.35. The molecule has 114 valence electrons. The van der Waals surface area contributed by atoms with Crippen molar-refractivity contribution in [3.05, 3.63) is 33.8 Å². The van der Waals surface area contributed by atoms with E-state index in [-0.39, 0.29) is 18.4 Å². The lowest BCUT2D eigenvalue weighted by Crippen LogP contribution is -2.67. The number of carbonyl (C=O) groups excluding carboxylic acids is 2. The second-order valence-electron chi connectivity index (χ2n) is 5.65. The number of piperazine rings is 1. The zero-order chi connectivity index (χ0) is 15.8. The first kappa shape index (κ1) is 16.1. The minimum atomic E-state index is -0.911. The molecule has 1 aromatic carbocycles. The van der Waals surface area contributed by atoms with Crippen LogP contribution in [0.25, 0.3) is 0 Å².